The van der Waals surface area contributed by atoms with Gasteiger partial charge < -0.3 is 4.55 Å². The molecule has 26 heavy (non-hydrogen) atoms. The summed E-state index contributed by atoms with van der Waals surface area (Å²) in [5, 5.41) is 0. The van der Waals surface area contributed by atoms with E-state index in [0.29, 0.717) is 0 Å². The van der Waals surface area contributed by atoms with Crippen molar-refractivity contribution >= 4 is 10.1 Å². The highest BCUT2D eigenvalue weighted by Gasteiger charge is 2.07. The van der Waals surface area contributed by atoms with Crippen molar-refractivity contribution in [3.63, 3.8) is 0 Å². The van der Waals surface area contributed by atoms with Gasteiger partial charge in [0.05, 0.1) is 0 Å². The highest BCUT2D eigenvalue weighted by molar-refractivity contribution is 7.85. The minimum Gasteiger partial charge on any atom is -0.744 e. The standard InChI is InChI=1S/C21H37NO3S/c1-2-3-4-5-6-7-8-9-10-11-12-13-14-15-18-22-19-16-17-21(20-22)26(23,24)25/h16-17,19-20H,2-15,18H2,1H3. The normalized spacial score (nSPS) is 11.8. The molecule has 0 aromatic carbocycles. The molecule has 0 atom stereocenters. The molecule has 0 aliphatic heterocycles. The number of rotatable bonds is 16. The van der Waals surface area contributed by atoms with Crippen molar-refractivity contribution in [2.24, 2.45) is 0 Å². The van der Waals surface area contributed by atoms with E-state index in [1.165, 1.54) is 89.3 Å². The second kappa shape index (κ2) is 14.2. The molecule has 5 heteroatoms. The first-order chi connectivity index (χ1) is 12.5. The van der Waals surface area contributed by atoms with Crippen LogP contribution in [0.25, 0.3) is 0 Å². The van der Waals surface area contributed by atoms with E-state index >= 15 is 0 Å². The van der Waals surface area contributed by atoms with Crippen molar-refractivity contribution in [1.82, 2.24) is 0 Å². The summed E-state index contributed by atoms with van der Waals surface area (Å²) < 4.78 is 34.8. The molecule has 0 amide bonds. The van der Waals surface area contributed by atoms with Gasteiger partial charge in [0.25, 0.3) is 0 Å². The van der Waals surface area contributed by atoms with Crippen LogP contribution in [0.1, 0.15) is 96.8 Å². The van der Waals surface area contributed by atoms with Gasteiger partial charge in [0.15, 0.2) is 12.4 Å². The fourth-order valence-electron chi connectivity index (χ4n) is 3.27. The summed E-state index contributed by atoms with van der Waals surface area (Å²) >= 11 is 0. The van der Waals surface area contributed by atoms with Crippen molar-refractivity contribution < 1.29 is 17.5 Å². The van der Waals surface area contributed by atoms with Crippen molar-refractivity contribution in [1.29, 1.82) is 0 Å². The molecule has 0 spiro atoms. The molecule has 0 N–H and O–H groups in total. The third-order valence-corrected chi connectivity index (χ3v) is 5.71. The molecule has 0 fully saturated rings. The maximum atomic E-state index is 11.0. The Hall–Kier alpha value is -0.940. The maximum absolute atomic E-state index is 11.0. The third-order valence-electron chi connectivity index (χ3n) is 4.89. The smallest absolute Gasteiger partial charge is 0.186 e. The van der Waals surface area contributed by atoms with Crippen LogP contribution in [-0.2, 0) is 16.7 Å². The van der Waals surface area contributed by atoms with Crippen molar-refractivity contribution in [3.05, 3.63) is 24.5 Å². The molecular formula is C21H37NO3S. The Labute approximate surface area is 160 Å². The summed E-state index contributed by atoms with van der Waals surface area (Å²) in [6, 6.07) is 2.97. The Kier molecular flexibility index (Phi) is 12.6. The summed E-state index contributed by atoms with van der Waals surface area (Å²) in [6.45, 7) is 3.03. The van der Waals surface area contributed by atoms with E-state index in [4.69, 9.17) is 0 Å². The molecule has 4 nitrogen and oxygen atoms in total. The first-order valence-corrected chi connectivity index (χ1v) is 11.9. The van der Waals surface area contributed by atoms with E-state index in [2.05, 4.69) is 6.92 Å². The fourth-order valence-corrected chi connectivity index (χ4v) is 3.78. The molecule has 1 aromatic heterocycles. The van der Waals surface area contributed by atoms with Gasteiger partial charge in [-0.25, -0.2) is 13.0 Å². The van der Waals surface area contributed by atoms with Crippen LogP contribution in [0.2, 0.25) is 0 Å². The molecule has 1 heterocycles. The first kappa shape index (κ1) is 23.1. The van der Waals surface area contributed by atoms with Crippen molar-refractivity contribution in [3.8, 4) is 0 Å². The molecule has 0 bridgehead atoms. The lowest BCUT2D eigenvalue weighted by Crippen LogP contribution is -2.33. The Bertz CT molecular complexity index is 572. The maximum Gasteiger partial charge on any atom is 0.186 e. The number of hydrogen-bond acceptors (Lipinski definition) is 3. The molecule has 150 valence electrons. The van der Waals surface area contributed by atoms with Crippen LogP contribution in [0.15, 0.2) is 29.4 Å². The van der Waals surface area contributed by atoms with Crippen LogP contribution in [0, 0.1) is 0 Å². The van der Waals surface area contributed by atoms with Gasteiger partial charge in [0.1, 0.15) is 21.6 Å². The predicted molar refractivity (Wildman–Crippen MR) is 105 cm³/mol. The van der Waals surface area contributed by atoms with E-state index in [1.54, 1.807) is 10.6 Å². The molecule has 0 saturated carbocycles. The lowest BCUT2D eigenvalue weighted by molar-refractivity contribution is -0.699. The zero-order chi connectivity index (χ0) is 19.1. The summed E-state index contributed by atoms with van der Waals surface area (Å²) in [5.41, 5.74) is 0. The Morgan fingerprint density at radius 3 is 1.73 bits per heavy atom. The number of unbranched alkanes of at least 4 members (excludes halogenated alkanes) is 13. The van der Waals surface area contributed by atoms with E-state index < -0.39 is 10.1 Å². The number of nitrogens with zero attached hydrogens (tertiary/aromatic N) is 1. The van der Waals surface area contributed by atoms with E-state index in [1.807, 2.05) is 6.20 Å². The van der Waals surface area contributed by atoms with Crippen LogP contribution >= 0.6 is 0 Å². The second-order valence-corrected chi connectivity index (χ2v) is 8.71. The average Bonchev–Trinajstić information content (AvgIpc) is 2.61. The first-order valence-electron chi connectivity index (χ1n) is 10.5. The number of hydrogen-bond donors (Lipinski definition) is 0. The Balaban J connectivity index is 1.94. The van der Waals surface area contributed by atoms with Crippen LogP contribution < -0.4 is 4.57 Å². The van der Waals surface area contributed by atoms with E-state index in [9.17, 15) is 13.0 Å². The molecule has 1 aromatic rings. The number of pyridine rings is 1. The van der Waals surface area contributed by atoms with Gasteiger partial charge in [-0.1, -0.05) is 84.0 Å². The van der Waals surface area contributed by atoms with Gasteiger partial charge in [-0.3, -0.25) is 0 Å². The van der Waals surface area contributed by atoms with Gasteiger partial charge in [-0.05, 0) is 12.5 Å². The molecule has 0 unspecified atom stereocenters. The Morgan fingerprint density at radius 2 is 1.27 bits per heavy atom. The van der Waals surface area contributed by atoms with Gasteiger partial charge in [-0.2, -0.15) is 0 Å². The minimum atomic E-state index is -4.35. The predicted octanol–water partition coefficient (Wildman–Crippen LogP) is 5.36. The quantitative estimate of drug-likeness (QED) is 0.219. The number of aryl methyl sites for hydroxylation is 1. The van der Waals surface area contributed by atoms with Gasteiger partial charge in [0, 0.05) is 12.5 Å². The molecule has 0 radical (unpaired) electrons. The Morgan fingerprint density at radius 1 is 0.808 bits per heavy atom. The highest BCUT2D eigenvalue weighted by atomic mass is 32.2. The van der Waals surface area contributed by atoms with Crippen LogP contribution in [0.4, 0.5) is 0 Å². The van der Waals surface area contributed by atoms with Crippen molar-refractivity contribution in [2.45, 2.75) is 108 Å². The van der Waals surface area contributed by atoms with Crippen LogP contribution in [0.3, 0.4) is 0 Å². The largest absolute Gasteiger partial charge is 0.744 e. The third kappa shape index (κ3) is 11.6. The zero-order valence-electron chi connectivity index (χ0n) is 16.5. The van der Waals surface area contributed by atoms with E-state index in [-0.39, 0.29) is 4.90 Å². The highest BCUT2D eigenvalue weighted by Crippen LogP contribution is 2.13. The molecule has 0 aliphatic rings. The summed E-state index contributed by atoms with van der Waals surface area (Å²) in [6.07, 6.45) is 21.7. The summed E-state index contributed by atoms with van der Waals surface area (Å²) in [5.74, 6) is 0. The van der Waals surface area contributed by atoms with Crippen LogP contribution in [-0.4, -0.2) is 13.0 Å². The lowest BCUT2D eigenvalue weighted by Gasteiger charge is -2.05. The zero-order valence-corrected chi connectivity index (χ0v) is 17.3. The monoisotopic (exact) mass is 383 g/mol. The molecule has 0 aliphatic carbocycles. The van der Waals surface area contributed by atoms with E-state index in [0.717, 1.165) is 19.4 Å². The van der Waals surface area contributed by atoms with Crippen LogP contribution in [0.5, 0.6) is 0 Å². The molecule has 0 saturated heterocycles. The number of aromatic nitrogens is 1. The minimum absolute atomic E-state index is 0.148. The van der Waals surface area contributed by atoms with Crippen molar-refractivity contribution in [2.75, 3.05) is 0 Å². The van der Waals surface area contributed by atoms with Gasteiger partial charge in [0.2, 0.25) is 0 Å². The topological polar surface area (TPSA) is 61.1 Å². The lowest BCUT2D eigenvalue weighted by atomic mass is 10.0. The summed E-state index contributed by atoms with van der Waals surface area (Å²) in [7, 11) is -4.35. The molecule has 1 rings (SSSR count). The second-order valence-electron chi connectivity index (χ2n) is 7.33. The van der Waals surface area contributed by atoms with Gasteiger partial charge >= 0.3 is 0 Å². The molecular weight excluding hydrogens is 346 g/mol. The van der Waals surface area contributed by atoms with Gasteiger partial charge in [-0.15, -0.1) is 0 Å². The summed E-state index contributed by atoms with van der Waals surface area (Å²) in [4.78, 5) is -0.148. The fraction of sp³-hybridized carbons (Fsp3) is 0.762. The average molecular weight is 384 g/mol. The SMILES string of the molecule is CCCCCCCCCCCCCCCC[n+]1cccc(S(=O)(=O)[O-])c1.